The quantitative estimate of drug-likeness (QED) is 0.761. The van der Waals surface area contributed by atoms with Crippen LogP contribution in [0.1, 0.15) is 24.6 Å². The molecule has 1 aliphatic rings. The number of nitrogens with one attached hydrogen (secondary N) is 1. The second-order valence-electron chi connectivity index (χ2n) is 3.91. The first-order chi connectivity index (χ1) is 6.36. The molecule has 1 nitrogen and oxygen atoms in total. The average Bonchev–Trinajstić information content (AvgIpc) is 2.86. The van der Waals surface area contributed by atoms with Crippen LogP contribution in [0.25, 0.3) is 0 Å². The van der Waals surface area contributed by atoms with Crippen LogP contribution in [0.5, 0.6) is 0 Å². The molecule has 0 aromatic carbocycles. The molecule has 1 atom stereocenters. The molecular formula is C11H17NS. The Hall–Kier alpha value is -0.340. The molecule has 0 spiro atoms. The van der Waals surface area contributed by atoms with Gasteiger partial charge >= 0.3 is 0 Å². The molecule has 1 N–H and O–H groups in total. The third kappa shape index (κ3) is 2.82. The van der Waals surface area contributed by atoms with E-state index in [4.69, 9.17) is 0 Å². The Morgan fingerprint density at radius 2 is 2.46 bits per heavy atom. The lowest BCUT2D eigenvalue weighted by molar-refractivity contribution is 0.501. The normalized spacial score (nSPS) is 18.8. The van der Waals surface area contributed by atoms with E-state index in [9.17, 15) is 0 Å². The van der Waals surface area contributed by atoms with E-state index in [0.717, 1.165) is 18.5 Å². The monoisotopic (exact) mass is 195 g/mol. The Morgan fingerprint density at radius 1 is 1.62 bits per heavy atom. The largest absolute Gasteiger partial charge is 0.314 e. The van der Waals surface area contributed by atoms with Gasteiger partial charge < -0.3 is 5.32 Å². The van der Waals surface area contributed by atoms with Gasteiger partial charge in [-0.2, -0.15) is 0 Å². The van der Waals surface area contributed by atoms with Gasteiger partial charge in [0.1, 0.15) is 0 Å². The van der Waals surface area contributed by atoms with Gasteiger partial charge in [-0.1, -0.05) is 6.07 Å². The van der Waals surface area contributed by atoms with E-state index in [2.05, 4.69) is 29.8 Å². The summed E-state index contributed by atoms with van der Waals surface area (Å²) in [5.41, 5.74) is 0. The Balaban J connectivity index is 1.63. The Labute approximate surface area is 84.2 Å². The molecule has 0 unspecified atom stereocenters. The molecule has 1 aromatic heterocycles. The summed E-state index contributed by atoms with van der Waals surface area (Å²) in [6.07, 6.45) is 4.06. The highest BCUT2D eigenvalue weighted by molar-refractivity contribution is 7.09. The lowest BCUT2D eigenvalue weighted by Crippen LogP contribution is -2.29. The minimum Gasteiger partial charge on any atom is -0.314 e. The fourth-order valence-corrected chi connectivity index (χ4v) is 2.35. The summed E-state index contributed by atoms with van der Waals surface area (Å²) in [4.78, 5) is 1.50. The number of rotatable bonds is 5. The van der Waals surface area contributed by atoms with Crippen molar-refractivity contribution >= 4 is 11.3 Å². The first-order valence-electron chi connectivity index (χ1n) is 5.12. The van der Waals surface area contributed by atoms with Crippen molar-refractivity contribution in [2.75, 3.05) is 6.54 Å². The fourth-order valence-electron chi connectivity index (χ4n) is 1.64. The highest BCUT2D eigenvalue weighted by atomic mass is 32.1. The van der Waals surface area contributed by atoms with E-state index in [1.165, 1.54) is 24.1 Å². The van der Waals surface area contributed by atoms with Gasteiger partial charge in [0.05, 0.1) is 0 Å². The minimum absolute atomic E-state index is 0.736. The maximum Gasteiger partial charge on any atom is 0.00671 e. The van der Waals surface area contributed by atoms with Gasteiger partial charge in [-0.3, -0.25) is 0 Å². The summed E-state index contributed by atoms with van der Waals surface area (Å²) in [6.45, 7) is 3.45. The van der Waals surface area contributed by atoms with Crippen LogP contribution in [0, 0.1) is 5.92 Å². The van der Waals surface area contributed by atoms with Gasteiger partial charge in [0, 0.05) is 17.5 Å². The summed E-state index contributed by atoms with van der Waals surface area (Å²) in [6, 6.07) is 5.08. The van der Waals surface area contributed by atoms with E-state index in [-0.39, 0.29) is 0 Å². The van der Waals surface area contributed by atoms with Crippen molar-refractivity contribution < 1.29 is 0 Å². The molecule has 1 aliphatic carbocycles. The number of hydrogen-bond acceptors (Lipinski definition) is 2. The van der Waals surface area contributed by atoms with Gasteiger partial charge in [0.25, 0.3) is 0 Å². The Kier molecular flexibility index (Phi) is 3.01. The molecule has 0 saturated heterocycles. The SMILES string of the molecule is C[C@@H](NCCc1cccs1)C1CC1. The van der Waals surface area contributed by atoms with Gasteiger partial charge in [-0.25, -0.2) is 0 Å². The minimum atomic E-state index is 0.736. The lowest BCUT2D eigenvalue weighted by atomic mass is 10.2. The van der Waals surface area contributed by atoms with E-state index in [1.54, 1.807) is 0 Å². The predicted octanol–water partition coefficient (Wildman–Crippen LogP) is 2.68. The van der Waals surface area contributed by atoms with Crippen LogP contribution < -0.4 is 5.32 Å². The van der Waals surface area contributed by atoms with E-state index < -0.39 is 0 Å². The molecule has 0 radical (unpaired) electrons. The highest BCUT2D eigenvalue weighted by Crippen LogP contribution is 2.32. The molecule has 2 heteroatoms. The van der Waals surface area contributed by atoms with Crippen LogP contribution in [-0.2, 0) is 6.42 Å². The molecule has 72 valence electrons. The van der Waals surface area contributed by atoms with Crippen molar-refractivity contribution in [1.29, 1.82) is 0 Å². The van der Waals surface area contributed by atoms with Gasteiger partial charge in [-0.05, 0) is 43.6 Å². The first-order valence-corrected chi connectivity index (χ1v) is 6.00. The van der Waals surface area contributed by atoms with Crippen LogP contribution >= 0.6 is 11.3 Å². The molecule has 0 bridgehead atoms. The standard InChI is InChI=1S/C11H17NS/c1-9(10-4-5-10)12-7-6-11-3-2-8-13-11/h2-3,8-10,12H,4-7H2,1H3/t9-/m1/s1. The zero-order valence-electron chi connectivity index (χ0n) is 8.12. The summed E-state index contributed by atoms with van der Waals surface area (Å²) >= 11 is 1.86. The van der Waals surface area contributed by atoms with Crippen LogP contribution in [0.2, 0.25) is 0 Å². The molecule has 13 heavy (non-hydrogen) atoms. The van der Waals surface area contributed by atoms with Gasteiger partial charge in [0.15, 0.2) is 0 Å². The predicted molar refractivity (Wildman–Crippen MR) is 58.2 cm³/mol. The lowest BCUT2D eigenvalue weighted by Gasteiger charge is -2.11. The van der Waals surface area contributed by atoms with Crippen molar-refractivity contribution in [3.05, 3.63) is 22.4 Å². The molecule has 1 fully saturated rings. The van der Waals surface area contributed by atoms with Crippen molar-refractivity contribution in [3.8, 4) is 0 Å². The summed E-state index contributed by atoms with van der Waals surface area (Å²) in [5, 5.41) is 5.74. The molecular weight excluding hydrogens is 178 g/mol. The molecule has 0 amide bonds. The van der Waals surface area contributed by atoms with Crippen LogP contribution in [0.3, 0.4) is 0 Å². The molecule has 1 aromatic rings. The summed E-state index contributed by atoms with van der Waals surface area (Å²) in [7, 11) is 0. The fraction of sp³-hybridized carbons (Fsp3) is 0.636. The topological polar surface area (TPSA) is 12.0 Å². The average molecular weight is 195 g/mol. The molecule has 1 heterocycles. The smallest absolute Gasteiger partial charge is 0.00671 e. The maximum atomic E-state index is 3.59. The van der Waals surface area contributed by atoms with Crippen LogP contribution in [0.15, 0.2) is 17.5 Å². The van der Waals surface area contributed by atoms with Crippen molar-refractivity contribution in [1.82, 2.24) is 5.32 Å². The van der Waals surface area contributed by atoms with Crippen molar-refractivity contribution in [2.24, 2.45) is 5.92 Å². The Bertz CT molecular complexity index is 239. The van der Waals surface area contributed by atoms with Crippen LogP contribution in [-0.4, -0.2) is 12.6 Å². The van der Waals surface area contributed by atoms with Crippen molar-refractivity contribution in [2.45, 2.75) is 32.2 Å². The maximum absolute atomic E-state index is 3.59. The summed E-state index contributed by atoms with van der Waals surface area (Å²) in [5.74, 6) is 0.975. The first kappa shape index (κ1) is 9.22. The molecule has 2 rings (SSSR count). The zero-order chi connectivity index (χ0) is 9.10. The van der Waals surface area contributed by atoms with E-state index >= 15 is 0 Å². The third-order valence-corrected chi connectivity index (χ3v) is 3.68. The third-order valence-electron chi connectivity index (χ3n) is 2.75. The number of hydrogen-bond donors (Lipinski definition) is 1. The second kappa shape index (κ2) is 4.25. The highest BCUT2D eigenvalue weighted by Gasteiger charge is 2.27. The molecule has 0 aliphatic heterocycles. The number of thiophene rings is 1. The van der Waals surface area contributed by atoms with E-state index in [1.807, 2.05) is 11.3 Å². The second-order valence-corrected chi connectivity index (χ2v) is 4.94. The van der Waals surface area contributed by atoms with Gasteiger partial charge in [-0.15, -0.1) is 11.3 Å². The van der Waals surface area contributed by atoms with Crippen LogP contribution in [0.4, 0.5) is 0 Å². The van der Waals surface area contributed by atoms with Crippen molar-refractivity contribution in [3.63, 3.8) is 0 Å². The zero-order valence-corrected chi connectivity index (χ0v) is 8.94. The van der Waals surface area contributed by atoms with E-state index in [0.29, 0.717) is 0 Å². The van der Waals surface area contributed by atoms with Gasteiger partial charge in [0.2, 0.25) is 0 Å². The Morgan fingerprint density at radius 3 is 3.08 bits per heavy atom. The summed E-state index contributed by atoms with van der Waals surface area (Å²) < 4.78 is 0. The molecule has 1 saturated carbocycles.